The van der Waals surface area contributed by atoms with E-state index in [9.17, 15) is 0 Å². The van der Waals surface area contributed by atoms with E-state index in [1.54, 1.807) is 7.11 Å². The molecular formula is C15H19N3OS2. The van der Waals surface area contributed by atoms with Crippen molar-refractivity contribution in [3.05, 3.63) is 53.1 Å². The van der Waals surface area contributed by atoms with E-state index in [1.165, 1.54) is 5.56 Å². The molecule has 0 amide bonds. The van der Waals surface area contributed by atoms with Crippen LogP contribution in [-0.4, -0.2) is 27.6 Å². The zero-order valence-electron chi connectivity index (χ0n) is 12.0. The summed E-state index contributed by atoms with van der Waals surface area (Å²) in [4.78, 5) is 0. The molecule has 0 aliphatic heterocycles. The Morgan fingerprint density at radius 1 is 1.43 bits per heavy atom. The number of ether oxygens (including phenoxy) is 1. The highest BCUT2D eigenvalue weighted by atomic mass is 32.2. The smallest absolute Gasteiger partial charge is 0.195 e. The van der Waals surface area contributed by atoms with Crippen LogP contribution in [0, 0.1) is 4.77 Å². The lowest BCUT2D eigenvalue weighted by Gasteiger charge is -2.05. The summed E-state index contributed by atoms with van der Waals surface area (Å²) in [6, 6.07) is 8.18. The Bertz CT molecular complexity index is 631. The minimum absolute atomic E-state index is 0.657. The SMILES string of the molecule is C=CCn1c(CCSCc2ccc(OC)cc2)n[nH]c1=S. The Balaban J connectivity index is 1.81. The number of allylic oxidation sites excluding steroid dienone is 1. The molecule has 0 saturated carbocycles. The van der Waals surface area contributed by atoms with Crippen LogP contribution in [0.5, 0.6) is 5.75 Å². The Morgan fingerprint density at radius 3 is 2.86 bits per heavy atom. The maximum Gasteiger partial charge on any atom is 0.195 e. The van der Waals surface area contributed by atoms with Crippen LogP contribution in [0.25, 0.3) is 0 Å². The van der Waals surface area contributed by atoms with Gasteiger partial charge in [0.15, 0.2) is 4.77 Å². The highest BCUT2D eigenvalue weighted by molar-refractivity contribution is 7.98. The van der Waals surface area contributed by atoms with Gasteiger partial charge in [0.05, 0.1) is 7.11 Å². The number of nitrogens with zero attached hydrogens (tertiary/aromatic N) is 2. The summed E-state index contributed by atoms with van der Waals surface area (Å²) in [5.41, 5.74) is 1.30. The fourth-order valence-electron chi connectivity index (χ4n) is 1.93. The molecule has 1 aromatic carbocycles. The first-order valence-corrected chi connectivity index (χ1v) is 8.26. The van der Waals surface area contributed by atoms with E-state index in [0.29, 0.717) is 11.3 Å². The van der Waals surface area contributed by atoms with E-state index in [2.05, 4.69) is 28.9 Å². The number of H-pyrrole nitrogens is 1. The van der Waals surface area contributed by atoms with Crippen LogP contribution in [0.2, 0.25) is 0 Å². The van der Waals surface area contributed by atoms with E-state index in [0.717, 1.165) is 29.5 Å². The first kappa shape index (κ1) is 15.9. The molecule has 112 valence electrons. The summed E-state index contributed by atoms with van der Waals surface area (Å²) < 4.78 is 7.79. The summed E-state index contributed by atoms with van der Waals surface area (Å²) in [5, 5.41) is 7.11. The topological polar surface area (TPSA) is 42.8 Å². The van der Waals surface area contributed by atoms with Gasteiger partial charge in [-0.1, -0.05) is 18.2 Å². The molecule has 21 heavy (non-hydrogen) atoms. The van der Waals surface area contributed by atoms with Crippen molar-refractivity contribution >= 4 is 24.0 Å². The molecule has 1 heterocycles. The van der Waals surface area contributed by atoms with Gasteiger partial charge in [-0.3, -0.25) is 5.10 Å². The van der Waals surface area contributed by atoms with E-state index < -0.39 is 0 Å². The zero-order valence-corrected chi connectivity index (χ0v) is 13.7. The third kappa shape index (κ3) is 4.47. The van der Waals surface area contributed by atoms with Gasteiger partial charge < -0.3 is 9.30 Å². The molecule has 0 unspecified atom stereocenters. The van der Waals surface area contributed by atoms with Crippen LogP contribution in [-0.2, 0) is 18.7 Å². The Hall–Kier alpha value is -1.53. The van der Waals surface area contributed by atoms with Gasteiger partial charge in [-0.15, -0.1) is 6.58 Å². The van der Waals surface area contributed by atoms with Gasteiger partial charge in [0, 0.05) is 24.5 Å². The molecule has 2 rings (SSSR count). The van der Waals surface area contributed by atoms with Gasteiger partial charge in [-0.2, -0.15) is 16.9 Å². The maximum absolute atomic E-state index is 5.20. The average Bonchev–Trinajstić information content (AvgIpc) is 2.86. The van der Waals surface area contributed by atoms with Crippen molar-refractivity contribution in [3.63, 3.8) is 0 Å². The molecule has 6 heteroatoms. The van der Waals surface area contributed by atoms with Crippen molar-refractivity contribution < 1.29 is 4.74 Å². The van der Waals surface area contributed by atoms with Crippen molar-refractivity contribution in [1.29, 1.82) is 0 Å². The molecule has 0 radical (unpaired) electrons. The number of rotatable bonds is 8. The molecule has 0 saturated heterocycles. The van der Waals surface area contributed by atoms with Gasteiger partial charge in [0.25, 0.3) is 0 Å². The molecule has 0 bridgehead atoms. The first-order valence-electron chi connectivity index (χ1n) is 6.70. The second-order valence-electron chi connectivity index (χ2n) is 4.49. The Morgan fingerprint density at radius 2 is 2.19 bits per heavy atom. The lowest BCUT2D eigenvalue weighted by atomic mass is 10.2. The largest absolute Gasteiger partial charge is 0.497 e. The number of hydrogen-bond acceptors (Lipinski definition) is 4. The Kier molecular flexibility index (Phi) is 6.07. The fraction of sp³-hybridized carbons (Fsp3) is 0.333. The number of methoxy groups -OCH3 is 1. The van der Waals surface area contributed by atoms with Gasteiger partial charge in [0.1, 0.15) is 11.6 Å². The van der Waals surface area contributed by atoms with Gasteiger partial charge in [-0.05, 0) is 29.9 Å². The monoisotopic (exact) mass is 321 g/mol. The fourth-order valence-corrected chi connectivity index (χ4v) is 3.06. The first-order chi connectivity index (χ1) is 10.2. The van der Waals surface area contributed by atoms with E-state index >= 15 is 0 Å². The summed E-state index contributed by atoms with van der Waals surface area (Å²) in [6.45, 7) is 4.45. The van der Waals surface area contributed by atoms with Gasteiger partial charge in [-0.25, -0.2) is 0 Å². The van der Waals surface area contributed by atoms with Crippen LogP contribution < -0.4 is 4.74 Å². The standard InChI is InChI=1S/C15H19N3OS2/c1-3-9-18-14(16-17-15(18)20)8-10-21-11-12-4-6-13(19-2)7-5-12/h3-7H,1,8-11H2,2H3,(H,17,20). The highest BCUT2D eigenvalue weighted by Crippen LogP contribution is 2.17. The van der Waals surface area contributed by atoms with Crippen LogP contribution in [0.3, 0.4) is 0 Å². The van der Waals surface area contributed by atoms with Crippen molar-refractivity contribution in [1.82, 2.24) is 14.8 Å². The number of aromatic amines is 1. The number of benzene rings is 1. The number of hydrogen-bond donors (Lipinski definition) is 1. The lowest BCUT2D eigenvalue weighted by molar-refractivity contribution is 0.414. The van der Waals surface area contributed by atoms with Crippen LogP contribution in [0.1, 0.15) is 11.4 Å². The maximum atomic E-state index is 5.20. The summed E-state index contributed by atoms with van der Waals surface area (Å²) in [7, 11) is 1.68. The minimum Gasteiger partial charge on any atom is -0.497 e. The summed E-state index contributed by atoms with van der Waals surface area (Å²) >= 11 is 7.08. The predicted molar refractivity (Wildman–Crippen MR) is 90.5 cm³/mol. The molecule has 0 atom stereocenters. The van der Waals surface area contributed by atoms with Crippen molar-refractivity contribution in [2.24, 2.45) is 0 Å². The van der Waals surface area contributed by atoms with Crippen LogP contribution in [0.4, 0.5) is 0 Å². The average molecular weight is 321 g/mol. The van der Waals surface area contributed by atoms with E-state index in [4.69, 9.17) is 17.0 Å². The molecular weight excluding hydrogens is 302 g/mol. The number of thioether (sulfide) groups is 1. The molecule has 0 fully saturated rings. The second kappa shape index (κ2) is 8.05. The van der Waals surface area contributed by atoms with Crippen molar-refractivity contribution in [2.75, 3.05) is 12.9 Å². The number of nitrogens with one attached hydrogen (secondary N) is 1. The second-order valence-corrected chi connectivity index (χ2v) is 5.99. The normalized spacial score (nSPS) is 10.5. The third-order valence-electron chi connectivity index (χ3n) is 3.05. The number of aromatic nitrogens is 3. The quantitative estimate of drug-likeness (QED) is 0.458. The molecule has 4 nitrogen and oxygen atoms in total. The third-order valence-corrected chi connectivity index (χ3v) is 4.39. The van der Waals surface area contributed by atoms with Crippen LogP contribution >= 0.6 is 24.0 Å². The number of aryl methyl sites for hydroxylation is 1. The summed E-state index contributed by atoms with van der Waals surface area (Å²) in [6.07, 6.45) is 2.72. The van der Waals surface area contributed by atoms with E-state index in [1.807, 2.05) is 34.5 Å². The molecule has 0 spiro atoms. The molecule has 2 aromatic rings. The highest BCUT2D eigenvalue weighted by Gasteiger charge is 2.04. The van der Waals surface area contributed by atoms with Crippen molar-refractivity contribution in [2.45, 2.75) is 18.7 Å². The molecule has 0 aliphatic rings. The van der Waals surface area contributed by atoms with Crippen LogP contribution in [0.15, 0.2) is 36.9 Å². The molecule has 1 N–H and O–H groups in total. The lowest BCUT2D eigenvalue weighted by Crippen LogP contribution is -2.04. The zero-order chi connectivity index (χ0) is 15.1. The van der Waals surface area contributed by atoms with E-state index in [-0.39, 0.29) is 0 Å². The molecule has 0 aliphatic carbocycles. The Labute approximate surface area is 134 Å². The minimum atomic E-state index is 0.657. The van der Waals surface area contributed by atoms with Crippen molar-refractivity contribution in [3.8, 4) is 5.75 Å². The molecule has 1 aromatic heterocycles. The predicted octanol–water partition coefficient (Wildman–Crippen LogP) is 3.61. The van der Waals surface area contributed by atoms with Gasteiger partial charge >= 0.3 is 0 Å². The summed E-state index contributed by atoms with van der Waals surface area (Å²) in [5.74, 6) is 3.87. The van der Waals surface area contributed by atoms with Gasteiger partial charge in [0.2, 0.25) is 0 Å².